The van der Waals surface area contributed by atoms with Crippen LogP contribution in [-0.4, -0.2) is 30.1 Å². The first kappa shape index (κ1) is 23.8. The number of fused-ring (bicyclic) bond motifs is 1. The van der Waals surface area contributed by atoms with Crippen molar-refractivity contribution in [1.82, 2.24) is 30.1 Å². The van der Waals surface area contributed by atoms with Crippen LogP contribution in [0.3, 0.4) is 0 Å². The van der Waals surface area contributed by atoms with E-state index in [1.807, 2.05) is 29.8 Å². The van der Waals surface area contributed by atoms with E-state index in [9.17, 15) is 4.79 Å². The Bertz CT molecular complexity index is 1540. The topological polar surface area (TPSA) is 79.7 Å². The van der Waals surface area contributed by atoms with Gasteiger partial charge in [-0.25, -0.2) is 4.68 Å². The molecule has 1 aliphatic rings. The normalized spacial score (nSPS) is 15.1. The number of aromatic nitrogens is 5. The number of pyridine rings is 1. The lowest BCUT2D eigenvalue weighted by molar-refractivity contribution is 0.192. The van der Waals surface area contributed by atoms with Gasteiger partial charge in [0.25, 0.3) is 5.56 Å². The van der Waals surface area contributed by atoms with Gasteiger partial charge >= 0.3 is 0 Å². The minimum atomic E-state index is -0.410. The van der Waals surface area contributed by atoms with E-state index in [1.54, 1.807) is 11.3 Å². The van der Waals surface area contributed by atoms with Crippen LogP contribution in [0.1, 0.15) is 65.2 Å². The number of hydrogen-bond acceptors (Lipinski definition) is 6. The molecule has 0 saturated heterocycles. The maximum absolute atomic E-state index is 13.7. The highest BCUT2D eigenvalue weighted by atomic mass is 32.1. The zero-order valence-corrected chi connectivity index (χ0v) is 21.7. The SMILES string of the molecule is Cc1ccc2cc([C@@H](c3nnnn3C3CCCC3)N(Cc3ccccc3)Cc3cccs3)c(=O)[nH]c2c1. The molecular formula is C29H30N6OS. The molecule has 2 aromatic carbocycles. The van der Waals surface area contributed by atoms with Gasteiger partial charge in [-0.1, -0.05) is 61.4 Å². The van der Waals surface area contributed by atoms with Crippen molar-refractivity contribution in [2.24, 2.45) is 0 Å². The zero-order chi connectivity index (χ0) is 25.2. The summed E-state index contributed by atoms with van der Waals surface area (Å²) in [7, 11) is 0. The third-order valence-corrected chi connectivity index (χ3v) is 8.15. The summed E-state index contributed by atoms with van der Waals surface area (Å²) < 4.78 is 1.99. The Labute approximate surface area is 219 Å². The molecule has 8 heteroatoms. The van der Waals surface area contributed by atoms with E-state index in [-0.39, 0.29) is 11.6 Å². The van der Waals surface area contributed by atoms with Crippen LogP contribution >= 0.6 is 11.3 Å². The molecule has 1 N–H and O–H groups in total. The molecule has 5 aromatic rings. The van der Waals surface area contributed by atoms with Crippen LogP contribution in [0, 0.1) is 6.92 Å². The van der Waals surface area contributed by atoms with Crippen LogP contribution in [0.25, 0.3) is 10.9 Å². The van der Waals surface area contributed by atoms with Crippen molar-refractivity contribution in [3.63, 3.8) is 0 Å². The molecule has 0 unspecified atom stereocenters. The lowest BCUT2D eigenvalue weighted by Gasteiger charge is -2.31. The Balaban J connectivity index is 1.53. The average molecular weight is 511 g/mol. The fourth-order valence-corrected chi connectivity index (χ4v) is 6.21. The van der Waals surface area contributed by atoms with Gasteiger partial charge in [-0.2, -0.15) is 0 Å². The van der Waals surface area contributed by atoms with Crippen LogP contribution in [0.2, 0.25) is 0 Å². The van der Waals surface area contributed by atoms with Crippen molar-refractivity contribution in [3.05, 3.63) is 110 Å². The molecular weight excluding hydrogens is 480 g/mol. The predicted molar refractivity (Wildman–Crippen MR) is 146 cm³/mol. The van der Waals surface area contributed by atoms with E-state index in [4.69, 9.17) is 0 Å². The number of benzene rings is 2. The van der Waals surface area contributed by atoms with Crippen molar-refractivity contribution >= 4 is 22.2 Å². The highest BCUT2D eigenvalue weighted by molar-refractivity contribution is 7.09. The van der Waals surface area contributed by atoms with E-state index in [2.05, 4.69) is 79.3 Å². The molecule has 0 radical (unpaired) electrons. The Morgan fingerprint density at radius 1 is 1.05 bits per heavy atom. The second-order valence-corrected chi connectivity index (χ2v) is 11.0. The second-order valence-electron chi connectivity index (χ2n) is 9.94. The van der Waals surface area contributed by atoms with Gasteiger partial charge in [0.1, 0.15) is 6.04 Å². The van der Waals surface area contributed by atoms with Crippen molar-refractivity contribution in [3.8, 4) is 0 Å². The number of tetrazole rings is 1. The van der Waals surface area contributed by atoms with Crippen molar-refractivity contribution < 1.29 is 0 Å². The molecule has 0 amide bonds. The minimum Gasteiger partial charge on any atom is -0.322 e. The highest BCUT2D eigenvalue weighted by Crippen LogP contribution is 2.35. The Morgan fingerprint density at radius 2 is 1.89 bits per heavy atom. The van der Waals surface area contributed by atoms with E-state index in [1.165, 1.54) is 23.3 Å². The summed E-state index contributed by atoms with van der Waals surface area (Å²) in [4.78, 5) is 20.4. The molecule has 0 bridgehead atoms. The first-order valence-corrected chi connectivity index (χ1v) is 13.8. The van der Waals surface area contributed by atoms with E-state index in [0.717, 1.165) is 35.1 Å². The Morgan fingerprint density at radius 3 is 2.68 bits per heavy atom. The van der Waals surface area contributed by atoms with Gasteiger partial charge in [0, 0.05) is 29.0 Å². The van der Waals surface area contributed by atoms with Gasteiger partial charge < -0.3 is 4.98 Å². The maximum atomic E-state index is 13.7. The third-order valence-electron chi connectivity index (χ3n) is 7.29. The zero-order valence-electron chi connectivity index (χ0n) is 20.9. The van der Waals surface area contributed by atoms with Gasteiger partial charge in [-0.05, 0) is 70.3 Å². The molecule has 188 valence electrons. The molecule has 1 atom stereocenters. The predicted octanol–water partition coefficient (Wildman–Crippen LogP) is 5.79. The second kappa shape index (κ2) is 10.4. The fraction of sp³-hybridized carbons (Fsp3) is 0.310. The highest BCUT2D eigenvalue weighted by Gasteiger charge is 2.33. The van der Waals surface area contributed by atoms with Crippen molar-refractivity contribution in [2.45, 2.75) is 57.8 Å². The van der Waals surface area contributed by atoms with Gasteiger partial charge in [0.15, 0.2) is 5.82 Å². The molecule has 3 aromatic heterocycles. The van der Waals surface area contributed by atoms with Crippen LogP contribution in [0.15, 0.2) is 76.9 Å². The smallest absolute Gasteiger partial charge is 0.253 e. The van der Waals surface area contributed by atoms with Crippen molar-refractivity contribution in [2.75, 3.05) is 0 Å². The number of aryl methyl sites for hydroxylation is 1. The molecule has 37 heavy (non-hydrogen) atoms. The number of hydrogen-bond donors (Lipinski definition) is 1. The van der Waals surface area contributed by atoms with E-state index >= 15 is 0 Å². The van der Waals surface area contributed by atoms with Crippen LogP contribution in [-0.2, 0) is 13.1 Å². The summed E-state index contributed by atoms with van der Waals surface area (Å²) in [6.45, 7) is 3.37. The number of nitrogens with zero attached hydrogens (tertiary/aromatic N) is 5. The van der Waals surface area contributed by atoms with E-state index < -0.39 is 6.04 Å². The lowest BCUT2D eigenvalue weighted by Crippen LogP contribution is -2.35. The van der Waals surface area contributed by atoms with Crippen LogP contribution < -0.4 is 5.56 Å². The lowest BCUT2D eigenvalue weighted by atomic mass is 10.0. The molecule has 3 heterocycles. The van der Waals surface area contributed by atoms with Crippen molar-refractivity contribution in [1.29, 1.82) is 0 Å². The maximum Gasteiger partial charge on any atom is 0.253 e. The Kier molecular flexibility index (Phi) is 6.68. The first-order chi connectivity index (χ1) is 18.2. The van der Waals surface area contributed by atoms with E-state index in [0.29, 0.717) is 18.7 Å². The van der Waals surface area contributed by atoms with Gasteiger partial charge in [0.2, 0.25) is 0 Å². The molecule has 1 fully saturated rings. The summed E-state index contributed by atoms with van der Waals surface area (Å²) in [6, 6.07) is 22.7. The average Bonchev–Trinajstić information content (AvgIpc) is 3.68. The molecule has 0 spiro atoms. The number of aromatic amines is 1. The van der Waals surface area contributed by atoms with Crippen LogP contribution in [0.4, 0.5) is 0 Å². The third kappa shape index (κ3) is 4.99. The monoisotopic (exact) mass is 510 g/mol. The number of rotatable bonds is 8. The first-order valence-electron chi connectivity index (χ1n) is 12.9. The number of nitrogens with one attached hydrogen (secondary N) is 1. The van der Waals surface area contributed by atoms with Crippen LogP contribution in [0.5, 0.6) is 0 Å². The molecule has 7 nitrogen and oxygen atoms in total. The largest absolute Gasteiger partial charge is 0.322 e. The fourth-order valence-electron chi connectivity index (χ4n) is 5.48. The summed E-state index contributed by atoms with van der Waals surface area (Å²) in [5.41, 5.74) is 3.69. The molecule has 1 saturated carbocycles. The summed E-state index contributed by atoms with van der Waals surface area (Å²) in [6.07, 6.45) is 4.46. The minimum absolute atomic E-state index is 0.103. The van der Waals surface area contributed by atoms with Gasteiger partial charge in [0.05, 0.1) is 6.04 Å². The van der Waals surface area contributed by atoms with Gasteiger partial charge in [-0.15, -0.1) is 16.4 Å². The van der Waals surface area contributed by atoms with Gasteiger partial charge in [-0.3, -0.25) is 9.69 Å². The number of H-pyrrole nitrogens is 1. The standard InChI is InChI=1S/C29H30N6OS/c1-20-13-14-22-17-25(29(36)30-26(22)16-20)27(28-31-32-33-35(28)23-10-5-6-11-23)34(19-24-12-7-15-37-24)18-21-8-3-2-4-9-21/h2-4,7-9,12-17,23,27H,5-6,10-11,18-19H2,1H3,(H,30,36)/t27-/m0/s1. The number of thiophene rings is 1. The Hall–Kier alpha value is -3.62. The molecule has 0 aliphatic heterocycles. The quantitative estimate of drug-likeness (QED) is 0.286. The molecule has 6 rings (SSSR count). The summed E-state index contributed by atoms with van der Waals surface area (Å²) >= 11 is 1.72. The summed E-state index contributed by atoms with van der Waals surface area (Å²) in [5, 5.41) is 16.3. The molecule has 1 aliphatic carbocycles. The summed E-state index contributed by atoms with van der Waals surface area (Å²) in [5.74, 6) is 0.733.